The van der Waals surface area contributed by atoms with Crippen molar-refractivity contribution < 1.29 is 128 Å². The van der Waals surface area contributed by atoms with Crippen LogP contribution in [0, 0.1) is 0 Å². The van der Waals surface area contributed by atoms with Crippen molar-refractivity contribution in [2.24, 2.45) is 0 Å². The normalized spacial score (nSPS) is 32.5. The van der Waals surface area contributed by atoms with Crippen molar-refractivity contribution in [3.63, 3.8) is 0 Å². The number of unbranched alkanes of at least 4 members (excludes halogenated alkanes) is 28. The maximum Gasteiger partial charge on any atom is 0.472 e. The summed E-state index contributed by atoms with van der Waals surface area (Å²) in [6.45, 7) is 2.04. The van der Waals surface area contributed by atoms with Crippen molar-refractivity contribution in [3.8, 4) is 0 Å². The third-order valence-electron chi connectivity index (χ3n) is 17.0. The molecule has 0 aromatic rings. The van der Waals surface area contributed by atoms with Crippen LogP contribution in [0.2, 0.25) is 0 Å². The summed E-state index contributed by atoms with van der Waals surface area (Å²) in [5, 5.41) is 162. The second-order valence-corrected chi connectivity index (χ2v) is 27.2. The van der Waals surface area contributed by atoms with Gasteiger partial charge in [0.15, 0.2) is 6.29 Å². The molecule has 29 heteroatoms. The number of hydrogen-bond donors (Lipinski definition) is 18. The number of phosphoric acid groups is 2. The maximum atomic E-state index is 13.8. The molecule has 0 aromatic heterocycles. The van der Waals surface area contributed by atoms with Gasteiger partial charge in [-0.25, -0.2) is 9.13 Å². The van der Waals surface area contributed by atoms with Crippen LogP contribution in [0.1, 0.15) is 219 Å². The number of carbonyl (C=O) groups excluding carboxylic acids is 1. The Morgan fingerprint density at radius 1 is 0.425 bits per heavy atom. The Kier molecular flexibility index (Phi) is 39.7. The standard InChI is InChI=1S/C58H113NO26P2/c1-3-5-7-9-11-13-15-17-18-19-20-21-22-24-26-28-30-32-34-39(61)57(75)59-37(41(62)38(60)33-31-29-27-25-23-16-14-12-10-8-6-4-2)35-80-86(76,77)85-56-52(73)48(69)47(68)51(72)55(56)83-58-53(74)43(64)42(63)40(82-58)36-81-87(78,79)84-54-49(70)45(66)44(65)46(67)50(54)71/h37-56,58,60-74H,3-36H2,1-2H3,(H,59,75)(H,76,77)(H,78,79)/t37-,38+,39?,40+,41-,42+,43?,44?,45+,46?,47?,48?,49?,50?,51+,52?,53?,54?,55?,56-,58+/m0/s1. The molecule has 1 heterocycles. The molecule has 0 bridgehead atoms. The summed E-state index contributed by atoms with van der Waals surface area (Å²) in [6, 6.07) is -1.69. The van der Waals surface area contributed by atoms with Crippen molar-refractivity contribution in [2.45, 2.75) is 348 Å². The summed E-state index contributed by atoms with van der Waals surface area (Å²) in [7, 11) is -11.2. The molecule has 0 radical (unpaired) electrons. The molecule has 3 aliphatic rings. The van der Waals surface area contributed by atoms with E-state index in [9.17, 15) is 100 Å². The molecule has 516 valence electrons. The topological polar surface area (TPSA) is 463 Å². The van der Waals surface area contributed by atoms with Gasteiger partial charge in [-0.1, -0.05) is 206 Å². The monoisotopic (exact) mass is 1300 g/mol. The molecule has 3 rings (SSSR count). The van der Waals surface area contributed by atoms with Gasteiger partial charge >= 0.3 is 15.6 Å². The summed E-state index contributed by atoms with van der Waals surface area (Å²) >= 11 is 0. The van der Waals surface area contributed by atoms with E-state index >= 15 is 0 Å². The molecule has 23 atom stereocenters. The number of aliphatic hydroxyl groups is 15. The highest BCUT2D eigenvalue weighted by Crippen LogP contribution is 2.49. The Hall–Kier alpha value is -0.990. The number of aliphatic hydroxyl groups excluding tert-OH is 15. The van der Waals surface area contributed by atoms with E-state index in [0.717, 1.165) is 64.2 Å². The summed E-state index contributed by atoms with van der Waals surface area (Å²) in [6.07, 6.45) is -10.3. The van der Waals surface area contributed by atoms with E-state index in [0.29, 0.717) is 19.3 Å². The summed E-state index contributed by atoms with van der Waals surface area (Å²) in [4.78, 5) is 35.0. The van der Waals surface area contributed by atoms with E-state index < -0.39 is 163 Å². The number of carbonyl (C=O) groups is 1. The fraction of sp³-hybridized carbons (Fsp3) is 0.983. The lowest BCUT2D eigenvalue weighted by Gasteiger charge is -2.47. The fourth-order valence-corrected chi connectivity index (χ4v) is 13.2. The molecule has 18 N–H and O–H groups in total. The first-order chi connectivity index (χ1) is 41.3. The first-order valence-electron chi connectivity index (χ1n) is 32.4. The Morgan fingerprint density at radius 2 is 0.759 bits per heavy atom. The molecule has 2 saturated carbocycles. The average Bonchev–Trinajstić information content (AvgIpc) is 2.19. The average molecular weight is 1300 g/mol. The van der Waals surface area contributed by atoms with Crippen molar-refractivity contribution in [3.05, 3.63) is 0 Å². The highest BCUT2D eigenvalue weighted by molar-refractivity contribution is 7.47. The molecular weight excluding hydrogens is 1190 g/mol. The number of rotatable bonds is 48. The Morgan fingerprint density at radius 3 is 1.18 bits per heavy atom. The van der Waals surface area contributed by atoms with Crippen LogP contribution in [0.25, 0.3) is 0 Å². The minimum atomic E-state index is -5.68. The third kappa shape index (κ3) is 28.6. The van der Waals surface area contributed by atoms with Crippen LogP contribution < -0.4 is 5.32 Å². The first kappa shape index (κ1) is 80.2. The van der Waals surface area contributed by atoms with Gasteiger partial charge in [-0.05, 0) is 12.8 Å². The highest BCUT2D eigenvalue weighted by atomic mass is 31.2. The Bertz CT molecular complexity index is 1890. The Labute approximate surface area is 514 Å². The first-order valence-corrected chi connectivity index (χ1v) is 35.4. The van der Waals surface area contributed by atoms with E-state index in [-0.39, 0.29) is 12.8 Å². The molecule has 1 aliphatic heterocycles. The molecule has 27 nitrogen and oxygen atoms in total. The number of nitrogens with one attached hydrogen (secondary N) is 1. The van der Waals surface area contributed by atoms with Crippen LogP contribution in [0.15, 0.2) is 0 Å². The van der Waals surface area contributed by atoms with Gasteiger partial charge in [0.25, 0.3) is 0 Å². The van der Waals surface area contributed by atoms with Crippen molar-refractivity contribution in [2.75, 3.05) is 13.2 Å². The van der Waals surface area contributed by atoms with E-state index in [1.165, 1.54) is 109 Å². The molecule has 1 saturated heterocycles. The van der Waals surface area contributed by atoms with Gasteiger partial charge in [0, 0.05) is 0 Å². The lowest BCUT2D eigenvalue weighted by molar-refractivity contribution is -0.337. The Balaban J connectivity index is 1.64. The molecule has 87 heavy (non-hydrogen) atoms. The second kappa shape index (κ2) is 43.1. The third-order valence-corrected chi connectivity index (χ3v) is 19.0. The lowest BCUT2D eigenvalue weighted by atomic mass is 9.84. The molecule has 14 unspecified atom stereocenters. The van der Waals surface area contributed by atoms with E-state index in [4.69, 9.17) is 27.6 Å². The van der Waals surface area contributed by atoms with Crippen LogP contribution in [-0.4, -0.2) is 234 Å². The zero-order chi connectivity index (χ0) is 64.7. The molecule has 0 aromatic carbocycles. The van der Waals surface area contributed by atoms with Crippen LogP contribution in [-0.2, 0) is 41.5 Å². The van der Waals surface area contributed by atoms with Gasteiger partial charge in [0.05, 0.1) is 25.4 Å². The molecule has 2 aliphatic carbocycles. The van der Waals surface area contributed by atoms with E-state index in [1.807, 2.05) is 0 Å². The van der Waals surface area contributed by atoms with Gasteiger partial charge < -0.3 is 101 Å². The van der Waals surface area contributed by atoms with Crippen LogP contribution in [0.4, 0.5) is 0 Å². The quantitative estimate of drug-likeness (QED) is 0.0307. The van der Waals surface area contributed by atoms with E-state index in [2.05, 4.69) is 19.2 Å². The van der Waals surface area contributed by atoms with Gasteiger partial charge in [-0.2, -0.15) is 0 Å². The van der Waals surface area contributed by atoms with Gasteiger partial charge in [-0.3, -0.25) is 22.9 Å². The van der Waals surface area contributed by atoms with Gasteiger partial charge in [0.2, 0.25) is 5.91 Å². The number of ether oxygens (including phenoxy) is 2. The predicted molar refractivity (Wildman–Crippen MR) is 316 cm³/mol. The van der Waals surface area contributed by atoms with Gasteiger partial charge in [0.1, 0.15) is 110 Å². The second-order valence-electron chi connectivity index (χ2n) is 24.4. The lowest BCUT2D eigenvalue weighted by Crippen LogP contribution is -2.67. The number of amides is 1. The summed E-state index contributed by atoms with van der Waals surface area (Å²) in [5.74, 6) is -0.990. The van der Waals surface area contributed by atoms with Crippen molar-refractivity contribution >= 4 is 21.6 Å². The smallest absolute Gasteiger partial charge is 0.390 e. The van der Waals surface area contributed by atoms with Crippen LogP contribution in [0.5, 0.6) is 0 Å². The van der Waals surface area contributed by atoms with Crippen LogP contribution >= 0.6 is 15.6 Å². The highest BCUT2D eigenvalue weighted by Gasteiger charge is 2.56. The molecular formula is C58H113NO26P2. The maximum absolute atomic E-state index is 13.8. The van der Waals surface area contributed by atoms with Gasteiger partial charge in [-0.15, -0.1) is 0 Å². The molecule has 3 fully saturated rings. The SMILES string of the molecule is CCCCCCCCCCCCCCCCCCCCC(O)C(=O)N[C@@H](COP(=O)(O)O[C@H]1C(O)C(O)C(O)[C@@H](O)C1O[C@H]1O[C@H](COP(=O)(O)OC2C(O)C(O)C(O)[C@@H](O)C2O)[C@@H](O)C(O)C1O)[C@H](O)[C@H](O)CCCCCCCCCCCCCC. The summed E-state index contributed by atoms with van der Waals surface area (Å²) in [5.41, 5.74) is 0. The minimum absolute atomic E-state index is 0.0367. The van der Waals surface area contributed by atoms with Crippen molar-refractivity contribution in [1.82, 2.24) is 5.32 Å². The molecule has 1 amide bonds. The predicted octanol–water partition coefficient (Wildman–Crippen LogP) is 2.55. The number of phosphoric ester groups is 2. The zero-order valence-corrected chi connectivity index (χ0v) is 53.1. The largest absolute Gasteiger partial charge is 0.472 e. The minimum Gasteiger partial charge on any atom is -0.390 e. The summed E-state index contributed by atoms with van der Waals surface area (Å²) < 4.78 is 57.7. The fourth-order valence-electron chi connectivity index (χ4n) is 11.3. The van der Waals surface area contributed by atoms with Crippen molar-refractivity contribution in [1.29, 1.82) is 0 Å². The van der Waals surface area contributed by atoms with Crippen LogP contribution in [0.3, 0.4) is 0 Å². The zero-order valence-electron chi connectivity index (χ0n) is 51.3. The van der Waals surface area contributed by atoms with E-state index in [1.54, 1.807) is 0 Å². The number of hydrogen-bond acceptors (Lipinski definition) is 24. The molecule has 0 spiro atoms.